The number of hydrogen-bond donors (Lipinski definition) is 1. The van der Waals surface area contributed by atoms with E-state index in [9.17, 15) is 9.59 Å². The molecular formula is C15H26N2O5. The molecule has 0 aliphatic carbocycles. The number of aliphatic imine (C=N–C) groups is 1. The second kappa shape index (κ2) is 7.47. The predicted octanol–water partition coefficient (Wildman–Crippen LogP) is 1.90. The number of nitrogens with zero attached hydrogens (tertiary/aromatic N) is 1. The summed E-state index contributed by atoms with van der Waals surface area (Å²) in [5, 5.41) is 2.78. The van der Waals surface area contributed by atoms with E-state index in [1.807, 2.05) is 13.8 Å². The number of amides is 1. The molecule has 0 spiro atoms. The first-order valence-electron chi connectivity index (χ1n) is 7.45. The molecule has 1 N–H and O–H groups in total. The highest BCUT2D eigenvalue weighted by Crippen LogP contribution is 2.19. The van der Waals surface area contributed by atoms with Gasteiger partial charge in [0.05, 0.1) is 13.0 Å². The minimum Gasteiger partial charge on any atom is -0.478 e. The van der Waals surface area contributed by atoms with Crippen LogP contribution in [0.1, 0.15) is 41.0 Å². The van der Waals surface area contributed by atoms with E-state index in [2.05, 4.69) is 15.0 Å². The average molecular weight is 314 g/mol. The summed E-state index contributed by atoms with van der Waals surface area (Å²) in [6, 6.07) is -0.849. The fourth-order valence-corrected chi connectivity index (χ4v) is 2.19. The Morgan fingerprint density at radius 3 is 2.59 bits per heavy atom. The van der Waals surface area contributed by atoms with E-state index in [4.69, 9.17) is 9.47 Å². The Labute approximate surface area is 131 Å². The lowest BCUT2D eigenvalue weighted by molar-refractivity contribution is -0.142. The van der Waals surface area contributed by atoms with E-state index in [0.29, 0.717) is 12.3 Å². The van der Waals surface area contributed by atoms with Gasteiger partial charge in [0.1, 0.15) is 12.2 Å². The third-order valence-corrected chi connectivity index (χ3v) is 3.25. The highest BCUT2D eigenvalue weighted by molar-refractivity contribution is 5.87. The molecule has 0 aromatic carbocycles. The number of nitrogens with one attached hydrogen (secondary N) is 1. The van der Waals surface area contributed by atoms with E-state index in [1.165, 1.54) is 7.11 Å². The molecule has 1 aliphatic heterocycles. The third-order valence-electron chi connectivity index (χ3n) is 3.25. The number of rotatable bonds is 5. The Bertz CT molecular complexity index is 442. The Morgan fingerprint density at radius 1 is 1.45 bits per heavy atom. The molecule has 0 aromatic heterocycles. The molecule has 0 bridgehead atoms. The summed E-state index contributed by atoms with van der Waals surface area (Å²) in [6.45, 7) is 9.42. The van der Waals surface area contributed by atoms with Crippen molar-refractivity contribution in [1.29, 1.82) is 0 Å². The first-order valence-corrected chi connectivity index (χ1v) is 7.45. The summed E-state index contributed by atoms with van der Waals surface area (Å²) >= 11 is 0. The molecule has 1 unspecified atom stereocenters. The van der Waals surface area contributed by atoms with Crippen molar-refractivity contribution < 1.29 is 23.8 Å². The van der Waals surface area contributed by atoms with Gasteiger partial charge in [-0.3, -0.25) is 0 Å². The van der Waals surface area contributed by atoms with Gasteiger partial charge < -0.3 is 19.5 Å². The Kier molecular flexibility index (Phi) is 6.20. The largest absolute Gasteiger partial charge is 0.478 e. The van der Waals surface area contributed by atoms with E-state index < -0.39 is 23.7 Å². The molecule has 0 saturated heterocycles. The lowest BCUT2D eigenvalue weighted by Crippen LogP contribution is -2.43. The molecule has 1 amide bonds. The summed E-state index contributed by atoms with van der Waals surface area (Å²) in [6.07, 6.45) is 0.227. The molecule has 126 valence electrons. The molecule has 0 saturated carbocycles. The van der Waals surface area contributed by atoms with Crippen LogP contribution < -0.4 is 5.32 Å². The fourth-order valence-electron chi connectivity index (χ4n) is 2.19. The molecule has 0 aromatic rings. The summed E-state index contributed by atoms with van der Waals surface area (Å²) in [5.74, 6) is -0.0683. The SMILES string of the molecule is CC[C@@H](C1=NC(C(=O)OC)CO1)[C@@H](C)NC(=O)OC(C)(C)C. The van der Waals surface area contributed by atoms with Gasteiger partial charge in [0.25, 0.3) is 0 Å². The summed E-state index contributed by atoms with van der Waals surface area (Å²) in [5.41, 5.74) is -0.553. The van der Waals surface area contributed by atoms with Gasteiger partial charge in [-0.25, -0.2) is 14.6 Å². The van der Waals surface area contributed by atoms with Crippen molar-refractivity contribution in [2.24, 2.45) is 10.9 Å². The maximum atomic E-state index is 11.8. The minimum absolute atomic E-state index is 0.123. The number of alkyl carbamates (subject to hydrolysis) is 1. The summed E-state index contributed by atoms with van der Waals surface area (Å²) < 4.78 is 15.4. The molecule has 1 aliphatic rings. The standard InChI is InChI=1S/C15H26N2O5/c1-7-10(9(2)16-14(19)22-15(3,4)5)12-17-11(8-21-12)13(18)20-6/h9-11H,7-8H2,1-6H3,(H,16,19)/t9-,10-,11?/m1/s1. The third kappa shape index (κ3) is 5.20. The van der Waals surface area contributed by atoms with Gasteiger partial charge in [-0.1, -0.05) is 6.92 Å². The zero-order valence-electron chi connectivity index (χ0n) is 14.1. The van der Waals surface area contributed by atoms with Crippen molar-refractivity contribution in [2.75, 3.05) is 13.7 Å². The van der Waals surface area contributed by atoms with Crippen molar-refractivity contribution in [1.82, 2.24) is 5.32 Å². The Balaban J connectivity index is 2.67. The van der Waals surface area contributed by atoms with Gasteiger partial charge in [0.2, 0.25) is 0 Å². The quantitative estimate of drug-likeness (QED) is 0.783. The second-order valence-electron chi connectivity index (χ2n) is 6.27. The lowest BCUT2D eigenvalue weighted by atomic mass is 9.98. The van der Waals surface area contributed by atoms with Gasteiger partial charge in [0.15, 0.2) is 11.9 Å². The summed E-state index contributed by atoms with van der Waals surface area (Å²) in [7, 11) is 1.32. The van der Waals surface area contributed by atoms with Crippen molar-refractivity contribution in [3.8, 4) is 0 Å². The smallest absolute Gasteiger partial charge is 0.407 e. The molecule has 3 atom stereocenters. The monoisotopic (exact) mass is 314 g/mol. The number of ether oxygens (including phenoxy) is 3. The first kappa shape index (κ1) is 18.3. The van der Waals surface area contributed by atoms with Gasteiger partial charge in [-0.15, -0.1) is 0 Å². The van der Waals surface area contributed by atoms with Crippen molar-refractivity contribution in [3.05, 3.63) is 0 Å². The van der Waals surface area contributed by atoms with Crippen LogP contribution >= 0.6 is 0 Å². The average Bonchev–Trinajstić information content (AvgIpc) is 2.85. The van der Waals surface area contributed by atoms with Crippen LogP contribution in [0.2, 0.25) is 0 Å². The van der Waals surface area contributed by atoms with E-state index >= 15 is 0 Å². The number of carbonyl (C=O) groups excluding carboxylic acids is 2. The molecule has 1 rings (SSSR count). The van der Waals surface area contributed by atoms with Crippen LogP contribution in [-0.4, -0.2) is 49.4 Å². The van der Waals surface area contributed by atoms with Crippen LogP contribution in [0.25, 0.3) is 0 Å². The van der Waals surface area contributed by atoms with Gasteiger partial charge in [-0.05, 0) is 34.1 Å². The molecule has 7 heteroatoms. The number of carbonyl (C=O) groups is 2. The highest BCUT2D eigenvalue weighted by atomic mass is 16.6. The fraction of sp³-hybridized carbons (Fsp3) is 0.800. The van der Waals surface area contributed by atoms with Gasteiger partial charge in [-0.2, -0.15) is 0 Å². The lowest BCUT2D eigenvalue weighted by Gasteiger charge is -2.25. The molecule has 22 heavy (non-hydrogen) atoms. The van der Waals surface area contributed by atoms with Crippen molar-refractivity contribution >= 4 is 18.0 Å². The van der Waals surface area contributed by atoms with E-state index in [-0.39, 0.29) is 18.6 Å². The van der Waals surface area contributed by atoms with Crippen LogP contribution in [0.4, 0.5) is 4.79 Å². The summed E-state index contributed by atoms with van der Waals surface area (Å²) in [4.78, 5) is 27.6. The van der Waals surface area contributed by atoms with Crippen LogP contribution in [0.3, 0.4) is 0 Å². The zero-order chi connectivity index (χ0) is 16.9. The molecule has 0 fully saturated rings. The van der Waals surface area contributed by atoms with Gasteiger partial charge in [0, 0.05) is 6.04 Å². The Hall–Kier alpha value is -1.79. The topological polar surface area (TPSA) is 86.2 Å². The minimum atomic E-state index is -0.622. The number of hydrogen-bond acceptors (Lipinski definition) is 6. The van der Waals surface area contributed by atoms with Gasteiger partial charge >= 0.3 is 12.1 Å². The predicted molar refractivity (Wildman–Crippen MR) is 81.8 cm³/mol. The second-order valence-corrected chi connectivity index (χ2v) is 6.27. The number of esters is 1. The normalized spacial score (nSPS) is 20.5. The molecule has 1 heterocycles. The zero-order valence-corrected chi connectivity index (χ0v) is 14.1. The van der Waals surface area contributed by atoms with Crippen molar-refractivity contribution in [2.45, 2.75) is 58.7 Å². The first-order chi connectivity index (χ1) is 10.2. The molecule has 7 nitrogen and oxygen atoms in total. The number of methoxy groups -OCH3 is 1. The van der Waals surface area contributed by atoms with Crippen LogP contribution in [0, 0.1) is 5.92 Å². The molecule has 0 radical (unpaired) electrons. The maximum absolute atomic E-state index is 11.8. The highest BCUT2D eigenvalue weighted by Gasteiger charge is 2.33. The van der Waals surface area contributed by atoms with Crippen molar-refractivity contribution in [3.63, 3.8) is 0 Å². The van der Waals surface area contributed by atoms with Crippen LogP contribution in [0.15, 0.2) is 4.99 Å². The molecular weight excluding hydrogens is 288 g/mol. The maximum Gasteiger partial charge on any atom is 0.407 e. The Morgan fingerprint density at radius 2 is 2.09 bits per heavy atom. The van der Waals surface area contributed by atoms with E-state index in [1.54, 1.807) is 20.8 Å². The van der Waals surface area contributed by atoms with Crippen LogP contribution in [-0.2, 0) is 19.0 Å². The van der Waals surface area contributed by atoms with Crippen LogP contribution in [0.5, 0.6) is 0 Å². The van der Waals surface area contributed by atoms with E-state index in [0.717, 1.165) is 0 Å².